The number of ether oxygens (including phenoxy) is 1. The van der Waals surface area contributed by atoms with Crippen molar-refractivity contribution in [1.82, 2.24) is 0 Å². The summed E-state index contributed by atoms with van der Waals surface area (Å²) in [5.74, 6) is 0.429. The van der Waals surface area contributed by atoms with Crippen molar-refractivity contribution in [2.24, 2.45) is 56.2 Å². The molecule has 7 rings (SSSR count). The van der Waals surface area contributed by atoms with Crippen molar-refractivity contribution in [3.05, 3.63) is 58.2 Å². The molecule has 0 spiro atoms. The zero-order valence-corrected chi connectivity index (χ0v) is 36.5. The van der Waals surface area contributed by atoms with Crippen molar-refractivity contribution in [1.29, 1.82) is 0 Å². The fourth-order valence-electron chi connectivity index (χ4n) is 14.2. The molecular formula is C50H70O6. The van der Waals surface area contributed by atoms with Gasteiger partial charge in [-0.2, -0.15) is 0 Å². The van der Waals surface area contributed by atoms with Gasteiger partial charge in [0.1, 0.15) is 6.10 Å². The summed E-state index contributed by atoms with van der Waals surface area (Å²) < 4.78 is 6.19. The van der Waals surface area contributed by atoms with E-state index in [9.17, 15) is 24.3 Å². The molecule has 5 saturated carbocycles. The molecule has 0 aromatic heterocycles. The smallest absolute Gasteiger partial charge is 0.309 e. The molecule has 6 aliphatic carbocycles. The number of ketones is 2. The van der Waals surface area contributed by atoms with Crippen LogP contribution in [0.2, 0.25) is 0 Å². The van der Waals surface area contributed by atoms with Gasteiger partial charge in [-0.05, 0) is 154 Å². The Morgan fingerprint density at radius 2 is 1.54 bits per heavy atom. The van der Waals surface area contributed by atoms with Crippen LogP contribution < -0.4 is 0 Å². The first kappa shape index (κ1) is 41.2. The SMILES string of the molecule is C/C(=C\[C@@]12CC[C@]3(C)[C@H](CC[C@@H]4[C@@]5(C)CC[C@H](OC(=O)CC(C)(C)C(=O)O)C(C)(C)[C@@H]5CC[C@]43C)C1=C(C(C)C)C(=O)C2)C(=O)CC1(c2ccc(C)cc2)CC1. The number of carbonyl (C=O) groups excluding carboxylic acids is 3. The molecule has 6 aliphatic rings. The number of benzene rings is 1. The Hall–Kier alpha value is -3.02. The number of hydrogen-bond donors (Lipinski definition) is 1. The third-order valence-electron chi connectivity index (χ3n) is 17.8. The lowest BCUT2D eigenvalue weighted by molar-refractivity contribution is -0.232. The van der Waals surface area contributed by atoms with Crippen molar-refractivity contribution in [3.8, 4) is 0 Å². The van der Waals surface area contributed by atoms with Crippen molar-refractivity contribution < 1.29 is 29.0 Å². The lowest BCUT2D eigenvalue weighted by Gasteiger charge is -2.72. The maximum absolute atomic E-state index is 14.2. The standard InChI is InChI=1S/C50H70O6/c1-30(2)41-36(52)28-50(26-32(4)35(51)27-49(24-25-49)33-14-12-31(3)13-15-33)23-22-47(10)34(42(41)50)16-17-38-46(9)20-19-39(56-40(53)29-44(5,6)43(54)55)45(7,8)37(46)18-21-48(38,47)11/h12-15,26,30,34,37-39H,16-25,27-29H2,1-11H3,(H,54,55)/b32-26+/t34-,37+,38-,39+,46+,47-,48-,50-/m1/s1. The van der Waals surface area contributed by atoms with Gasteiger partial charge < -0.3 is 9.84 Å². The molecule has 8 atom stereocenters. The number of carboxylic acid groups (broad SMARTS) is 1. The Morgan fingerprint density at radius 1 is 0.875 bits per heavy atom. The second-order valence-electron chi connectivity index (χ2n) is 22.1. The maximum atomic E-state index is 14.2. The van der Waals surface area contributed by atoms with Crippen molar-refractivity contribution >= 4 is 23.5 Å². The summed E-state index contributed by atoms with van der Waals surface area (Å²) in [6, 6.07) is 8.73. The van der Waals surface area contributed by atoms with Crippen LogP contribution in [0.1, 0.15) is 164 Å². The third kappa shape index (κ3) is 6.23. The number of rotatable bonds is 10. The summed E-state index contributed by atoms with van der Waals surface area (Å²) in [6.45, 7) is 23.9. The van der Waals surface area contributed by atoms with Crippen LogP contribution in [-0.4, -0.2) is 34.7 Å². The molecular weight excluding hydrogens is 697 g/mol. The Kier molecular flexibility index (Phi) is 9.93. The molecule has 1 N–H and O–H groups in total. The number of hydrogen-bond acceptors (Lipinski definition) is 5. The summed E-state index contributed by atoms with van der Waals surface area (Å²) >= 11 is 0. The average molecular weight is 767 g/mol. The molecule has 0 aliphatic heterocycles. The third-order valence-corrected chi connectivity index (χ3v) is 17.8. The maximum Gasteiger partial charge on any atom is 0.309 e. The monoisotopic (exact) mass is 767 g/mol. The Balaban J connectivity index is 1.16. The Morgan fingerprint density at radius 3 is 2.14 bits per heavy atom. The molecule has 0 saturated heterocycles. The van der Waals surface area contributed by atoms with Crippen LogP contribution in [0.3, 0.4) is 0 Å². The van der Waals surface area contributed by atoms with E-state index >= 15 is 0 Å². The van der Waals surface area contributed by atoms with E-state index in [-0.39, 0.29) is 56.7 Å². The Labute approximate surface area is 337 Å². The quantitative estimate of drug-likeness (QED) is 0.188. The highest BCUT2D eigenvalue weighted by molar-refractivity contribution is 6.02. The highest BCUT2D eigenvalue weighted by Gasteiger charge is 2.70. The first-order valence-electron chi connectivity index (χ1n) is 22.0. The molecule has 6 nitrogen and oxygen atoms in total. The molecule has 56 heavy (non-hydrogen) atoms. The predicted octanol–water partition coefficient (Wildman–Crippen LogP) is 11.3. The molecule has 0 radical (unpaired) electrons. The minimum atomic E-state index is -1.16. The Bertz CT molecular complexity index is 1870. The van der Waals surface area contributed by atoms with Gasteiger partial charge in [0.2, 0.25) is 0 Å². The van der Waals surface area contributed by atoms with Gasteiger partial charge in [-0.3, -0.25) is 19.2 Å². The van der Waals surface area contributed by atoms with Crippen molar-refractivity contribution in [2.45, 2.75) is 171 Å². The number of aryl methyl sites for hydroxylation is 1. The van der Waals surface area contributed by atoms with Gasteiger partial charge in [-0.25, -0.2) is 0 Å². The molecule has 1 aromatic rings. The molecule has 5 fully saturated rings. The topological polar surface area (TPSA) is 97.7 Å². The number of Topliss-reactive ketones (excluding diaryl/α,β-unsaturated/α-hetero) is 2. The molecule has 6 heteroatoms. The van der Waals surface area contributed by atoms with Gasteiger partial charge in [0.15, 0.2) is 11.6 Å². The predicted molar refractivity (Wildman–Crippen MR) is 221 cm³/mol. The van der Waals surface area contributed by atoms with E-state index in [0.29, 0.717) is 36.4 Å². The first-order chi connectivity index (χ1) is 26.0. The molecule has 1 aromatic carbocycles. The zero-order valence-electron chi connectivity index (χ0n) is 36.5. The molecule has 0 bridgehead atoms. The summed E-state index contributed by atoms with van der Waals surface area (Å²) in [5.41, 5.74) is 4.09. The number of allylic oxidation sites excluding steroid dienone is 4. The van der Waals surface area contributed by atoms with E-state index in [1.54, 1.807) is 13.8 Å². The van der Waals surface area contributed by atoms with Crippen LogP contribution in [0.15, 0.2) is 47.1 Å². The normalized spacial score (nSPS) is 37.3. The number of fused-ring (bicyclic) bond motifs is 7. The fraction of sp³-hybridized carbons (Fsp3) is 0.720. The minimum absolute atomic E-state index is 0.0125. The first-order valence-corrected chi connectivity index (χ1v) is 22.0. The molecule has 306 valence electrons. The van der Waals surface area contributed by atoms with E-state index in [1.165, 1.54) is 16.7 Å². The lowest BCUT2D eigenvalue weighted by atomic mass is 9.33. The lowest BCUT2D eigenvalue weighted by Crippen LogP contribution is -2.65. The van der Waals surface area contributed by atoms with Gasteiger partial charge in [-0.15, -0.1) is 0 Å². The van der Waals surface area contributed by atoms with Crippen molar-refractivity contribution in [3.63, 3.8) is 0 Å². The number of carboxylic acids is 1. The molecule has 0 unspecified atom stereocenters. The van der Waals surface area contributed by atoms with E-state index in [1.807, 2.05) is 6.92 Å². The largest absolute Gasteiger partial charge is 0.481 e. The summed E-state index contributed by atoms with van der Waals surface area (Å²) in [4.78, 5) is 53.3. The van der Waals surface area contributed by atoms with Gasteiger partial charge in [0, 0.05) is 29.1 Å². The summed E-state index contributed by atoms with van der Waals surface area (Å²) in [7, 11) is 0. The van der Waals surface area contributed by atoms with Crippen LogP contribution in [0.5, 0.6) is 0 Å². The number of esters is 1. The molecule has 0 amide bonds. The minimum Gasteiger partial charge on any atom is -0.481 e. The van der Waals surface area contributed by atoms with Crippen LogP contribution in [0.4, 0.5) is 0 Å². The van der Waals surface area contributed by atoms with Crippen molar-refractivity contribution in [2.75, 3.05) is 0 Å². The summed E-state index contributed by atoms with van der Waals surface area (Å²) in [5, 5.41) is 9.64. The number of carbonyl (C=O) groups is 4. The highest BCUT2D eigenvalue weighted by Crippen LogP contribution is 2.77. The van der Waals surface area contributed by atoms with Crippen LogP contribution in [0, 0.1) is 63.1 Å². The van der Waals surface area contributed by atoms with E-state index in [4.69, 9.17) is 4.74 Å². The second-order valence-corrected chi connectivity index (χ2v) is 22.1. The highest BCUT2D eigenvalue weighted by atomic mass is 16.5. The van der Waals surface area contributed by atoms with Crippen LogP contribution >= 0.6 is 0 Å². The molecule has 0 heterocycles. The van der Waals surface area contributed by atoms with Crippen LogP contribution in [-0.2, 0) is 29.3 Å². The van der Waals surface area contributed by atoms with Gasteiger partial charge in [0.25, 0.3) is 0 Å². The van der Waals surface area contributed by atoms with E-state index in [2.05, 4.69) is 85.7 Å². The van der Waals surface area contributed by atoms with E-state index < -0.39 is 17.4 Å². The average Bonchev–Trinajstić information content (AvgIpc) is 3.81. The van der Waals surface area contributed by atoms with Gasteiger partial charge in [0.05, 0.1) is 11.8 Å². The van der Waals surface area contributed by atoms with E-state index in [0.717, 1.165) is 75.4 Å². The van der Waals surface area contributed by atoms with Gasteiger partial charge in [-0.1, -0.05) is 84.4 Å². The van der Waals surface area contributed by atoms with Gasteiger partial charge >= 0.3 is 11.9 Å². The summed E-state index contributed by atoms with van der Waals surface area (Å²) in [6.07, 6.45) is 13.1. The fourth-order valence-corrected chi connectivity index (χ4v) is 14.2. The number of aliphatic carboxylic acids is 1. The van der Waals surface area contributed by atoms with Crippen LogP contribution in [0.25, 0.3) is 0 Å². The zero-order chi connectivity index (χ0) is 41.0. The second kappa shape index (κ2) is 13.5.